The zero-order valence-electron chi connectivity index (χ0n) is 14.3. The highest BCUT2D eigenvalue weighted by Crippen LogP contribution is 2.15. The summed E-state index contributed by atoms with van der Waals surface area (Å²) in [5.74, 6) is -2.92. The number of benzene rings is 3. The Balaban J connectivity index is 1.58. The molecule has 0 aromatic heterocycles. The molecule has 6 nitrogen and oxygen atoms in total. The Labute approximate surface area is 159 Å². The number of hydrogen-bond acceptors (Lipinski definition) is 6. The van der Waals surface area contributed by atoms with E-state index in [0.29, 0.717) is 0 Å². The van der Waals surface area contributed by atoms with E-state index in [0.717, 1.165) is 6.07 Å². The van der Waals surface area contributed by atoms with Crippen molar-refractivity contribution in [2.24, 2.45) is 0 Å². The van der Waals surface area contributed by atoms with Gasteiger partial charge < -0.3 is 4.74 Å². The van der Waals surface area contributed by atoms with Crippen molar-refractivity contribution in [3.63, 3.8) is 0 Å². The second-order valence-corrected chi connectivity index (χ2v) is 5.53. The summed E-state index contributed by atoms with van der Waals surface area (Å²) >= 11 is 0. The van der Waals surface area contributed by atoms with Gasteiger partial charge in [-0.2, -0.15) is 0 Å². The van der Waals surface area contributed by atoms with Crippen LogP contribution in [0.25, 0.3) is 0 Å². The third kappa shape index (κ3) is 4.79. The zero-order valence-corrected chi connectivity index (χ0v) is 14.3. The number of hydrogen-bond donors (Lipinski definition) is 0. The Hall–Kier alpha value is -4.00. The summed E-state index contributed by atoms with van der Waals surface area (Å²) in [5.41, 5.74) is 0.427. The number of carbonyl (C=O) groups excluding carboxylic acids is 3. The first kappa shape index (κ1) is 18.8. The fourth-order valence-electron chi connectivity index (χ4n) is 2.18. The van der Waals surface area contributed by atoms with Crippen LogP contribution in [-0.2, 0) is 9.78 Å². The molecule has 0 aliphatic heterocycles. The molecule has 0 heterocycles. The quantitative estimate of drug-likeness (QED) is 0.295. The Morgan fingerprint density at radius 1 is 0.607 bits per heavy atom. The van der Waals surface area contributed by atoms with Gasteiger partial charge in [0.2, 0.25) is 0 Å². The van der Waals surface area contributed by atoms with E-state index in [1.54, 1.807) is 18.2 Å². The van der Waals surface area contributed by atoms with E-state index in [-0.39, 0.29) is 22.4 Å². The summed E-state index contributed by atoms with van der Waals surface area (Å²) < 4.78 is 18.2. The molecule has 0 amide bonds. The minimum absolute atomic E-state index is 0.0568. The molecule has 0 saturated heterocycles. The predicted octanol–water partition coefficient (Wildman–Crippen LogP) is 3.97. The number of esters is 1. The summed E-state index contributed by atoms with van der Waals surface area (Å²) in [6, 6.07) is 18.4. The summed E-state index contributed by atoms with van der Waals surface area (Å²) in [5, 5.41) is 0. The van der Waals surface area contributed by atoms with Gasteiger partial charge >= 0.3 is 17.9 Å². The minimum atomic E-state index is -0.908. The van der Waals surface area contributed by atoms with Crippen molar-refractivity contribution < 1.29 is 33.3 Å². The van der Waals surface area contributed by atoms with Crippen molar-refractivity contribution in [2.75, 3.05) is 0 Å². The van der Waals surface area contributed by atoms with Crippen LogP contribution >= 0.6 is 0 Å². The number of rotatable bonds is 4. The molecule has 3 aromatic carbocycles. The van der Waals surface area contributed by atoms with E-state index in [1.165, 1.54) is 54.6 Å². The molecule has 140 valence electrons. The molecule has 0 atom stereocenters. The van der Waals surface area contributed by atoms with E-state index in [4.69, 9.17) is 4.74 Å². The maximum Gasteiger partial charge on any atom is 0.386 e. The highest BCUT2D eigenvalue weighted by atomic mass is 19.1. The van der Waals surface area contributed by atoms with Gasteiger partial charge in [0.05, 0.1) is 16.7 Å². The molecule has 28 heavy (non-hydrogen) atoms. The van der Waals surface area contributed by atoms with Gasteiger partial charge in [0.15, 0.2) is 0 Å². The molecule has 0 radical (unpaired) electrons. The summed E-state index contributed by atoms with van der Waals surface area (Å²) in [4.78, 5) is 44.7. The zero-order chi connectivity index (χ0) is 19.9. The summed E-state index contributed by atoms with van der Waals surface area (Å²) in [6.07, 6.45) is 0. The van der Waals surface area contributed by atoms with Crippen LogP contribution in [0.15, 0.2) is 78.9 Å². The van der Waals surface area contributed by atoms with Crippen LogP contribution in [-0.4, -0.2) is 17.9 Å². The second-order valence-electron chi connectivity index (χ2n) is 5.53. The molecular weight excluding hydrogens is 367 g/mol. The van der Waals surface area contributed by atoms with Crippen molar-refractivity contribution >= 4 is 17.9 Å². The van der Waals surface area contributed by atoms with Crippen LogP contribution < -0.4 is 4.74 Å². The van der Waals surface area contributed by atoms with E-state index in [2.05, 4.69) is 9.78 Å². The van der Waals surface area contributed by atoms with Crippen LogP contribution in [0.1, 0.15) is 31.1 Å². The third-order valence-corrected chi connectivity index (χ3v) is 3.57. The largest absolute Gasteiger partial charge is 0.423 e. The van der Waals surface area contributed by atoms with Gasteiger partial charge in [0.1, 0.15) is 11.6 Å². The maximum atomic E-state index is 13.1. The fraction of sp³-hybridized carbons (Fsp3) is 0. The molecule has 0 unspecified atom stereocenters. The topological polar surface area (TPSA) is 78.9 Å². The van der Waals surface area contributed by atoms with Crippen molar-refractivity contribution in [3.05, 3.63) is 101 Å². The van der Waals surface area contributed by atoms with E-state index < -0.39 is 23.7 Å². The Kier molecular flexibility index (Phi) is 5.76. The summed E-state index contributed by atoms with van der Waals surface area (Å²) in [7, 11) is 0. The van der Waals surface area contributed by atoms with Crippen molar-refractivity contribution in [1.82, 2.24) is 0 Å². The molecule has 0 aliphatic rings. The van der Waals surface area contributed by atoms with Gasteiger partial charge in [-0.05, 0) is 48.5 Å². The molecule has 0 N–H and O–H groups in total. The number of ether oxygens (including phenoxy) is 1. The molecule has 0 fully saturated rings. The lowest BCUT2D eigenvalue weighted by atomic mass is 10.1. The van der Waals surface area contributed by atoms with Crippen LogP contribution in [0, 0.1) is 5.82 Å². The Bertz CT molecular complexity index is 999. The number of carbonyl (C=O) groups is 3. The standard InChI is InChI=1S/C21H13FO6/c22-17-7-4-8-18(13-17)26-19(23)15-9-11-16(12-10-15)21(25)28-27-20(24)14-5-2-1-3-6-14/h1-13H. The lowest BCUT2D eigenvalue weighted by Gasteiger charge is -2.06. The second kappa shape index (κ2) is 8.59. The smallest absolute Gasteiger partial charge is 0.386 e. The van der Waals surface area contributed by atoms with Gasteiger partial charge in [-0.15, -0.1) is 0 Å². The van der Waals surface area contributed by atoms with E-state index in [1.807, 2.05) is 0 Å². The number of halogens is 1. The van der Waals surface area contributed by atoms with Gasteiger partial charge in [-0.1, -0.05) is 24.3 Å². The van der Waals surface area contributed by atoms with Gasteiger partial charge in [-0.25, -0.2) is 28.5 Å². The maximum absolute atomic E-state index is 13.1. The third-order valence-electron chi connectivity index (χ3n) is 3.57. The average Bonchev–Trinajstić information content (AvgIpc) is 2.72. The van der Waals surface area contributed by atoms with Gasteiger partial charge in [-0.3, -0.25) is 0 Å². The highest BCUT2D eigenvalue weighted by molar-refractivity contribution is 5.95. The average molecular weight is 380 g/mol. The Morgan fingerprint density at radius 2 is 1.14 bits per heavy atom. The van der Waals surface area contributed by atoms with Crippen LogP contribution in [0.2, 0.25) is 0 Å². The van der Waals surface area contributed by atoms with Crippen LogP contribution in [0.4, 0.5) is 4.39 Å². The van der Waals surface area contributed by atoms with Crippen LogP contribution in [0.3, 0.4) is 0 Å². The molecule has 0 spiro atoms. The van der Waals surface area contributed by atoms with Crippen molar-refractivity contribution in [1.29, 1.82) is 0 Å². The van der Waals surface area contributed by atoms with Gasteiger partial charge in [0, 0.05) is 6.07 Å². The molecule has 0 saturated carbocycles. The SMILES string of the molecule is O=C(OOC(=O)c1ccc(C(=O)Oc2cccc(F)c2)cc1)c1ccccc1. The molecule has 7 heteroatoms. The first-order valence-electron chi connectivity index (χ1n) is 8.09. The Morgan fingerprint density at radius 3 is 1.71 bits per heavy atom. The lowest BCUT2D eigenvalue weighted by molar-refractivity contribution is -0.187. The highest BCUT2D eigenvalue weighted by Gasteiger charge is 2.15. The molecular formula is C21H13FO6. The van der Waals surface area contributed by atoms with Crippen molar-refractivity contribution in [2.45, 2.75) is 0 Å². The normalized spacial score (nSPS) is 10.0. The molecule has 0 bridgehead atoms. The van der Waals surface area contributed by atoms with Gasteiger partial charge in [0.25, 0.3) is 0 Å². The predicted molar refractivity (Wildman–Crippen MR) is 95.1 cm³/mol. The first-order chi connectivity index (χ1) is 13.5. The molecule has 3 aromatic rings. The summed E-state index contributed by atoms with van der Waals surface area (Å²) in [6.45, 7) is 0. The van der Waals surface area contributed by atoms with Crippen molar-refractivity contribution in [3.8, 4) is 5.75 Å². The molecule has 3 rings (SSSR count). The fourth-order valence-corrected chi connectivity index (χ4v) is 2.18. The first-order valence-corrected chi connectivity index (χ1v) is 8.09. The minimum Gasteiger partial charge on any atom is -0.423 e. The lowest BCUT2D eigenvalue weighted by Crippen LogP contribution is -2.12. The van der Waals surface area contributed by atoms with E-state index in [9.17, 15) is 18.8 Å². The van der Waals surface area contributed by atoms with E-state index >= 15 is 0 Å². The van der Waals surface area contributed by atoms with Crippen LogP contribution in [0.5, 0.6) is 5.75 Å². The molecule has 0 aliphatic carbocycles. The monoisotopic (exact) mass is 380 g/mol.